The van der Waals surface area contributed by atoms with Crippen molar-refractivity contribution in [3.05, 3.63) is 54.0 Å². The Labute approximate surface area is 125 Å². The van der Waals surface area contributed by atoms with Crippen LogP contribution in [0.4, 0.5) is 0 Å². The lowest BCUT2D eigenvalue weighted by atomic mass is 10.2. The van der Waals surface area contributed by atoms with Gasteiger partial charge in [-0.25, -0.2) is 4.68 Å². The molecule has 0 radical (unpaired) electrons. The molecular formula is C14H13BrClN3. The predicted molar refractivity (Wildman–Crippen MR) is 83.1 cm³/mol. The smallest absolute Gasteiger partial charge is 0.0733 e. The van der Waals surface area contributed by atoms with Crippen LogP contribution in [0, 0.1) is 0 Å². The number of allylic oxidation sites excluding steroid dienone is 4. The lowest BCUT2D eigenvalue weighted by molar-refractivity contribution is 0.908. The molecule has 0 fully saturated rings. The van der Waals surface area contributed by atoms with Crippen LogP contribution in [0.25, 0.3) is 17.0 Å². The van der Waals surface area contributed by atoms with Gasteiger partial charge in [0.2, 0.25) is 0 Å². The molecule has 2 aromatic rings. The minimum atomic E-state index is 0.710. The third kappa shape index (κ3) is 3.78. The van der Waals surface area contributed by atoms with E-state index < -0.39 is 0 Å². The Morgan fingerprint density at radius 3 is 2.95 bits per heavy atom. The van der Waals surface area contributed by atoms with Gasteiger partial charge in [-0.05, 0) is 31.2 Å². The van der Waals surface area contributed by atoms with Crippen LogP contribution in [-0.4, -0.2) is 20.1 Å². The molecule has 0 atom stereocenters. The van der Waals surface area contributed by atoms with Crippen LogP contribution in [0.5, 0.6) is 0 Å². The summed E-state index contributed by atoms with van der Waals surface area (Å²) in [7, 11) is 0. The number of rotatable bonds is 4. The molecule has 0 aromatic carbocycles. The molecule has 0 amide bonds. The second-order valence-electron chi connectivity index (χ2n) is 3.90. The maximum Gasteiger partial charge on any atom is 0.0733 e. The lowest BCUT2D eigenvalue weighted by Gasteiger charge is -2.02. The van der Waals surface area contributed by atoms with Crippen LogP contribution < -0.4 is 0 Å². The summed E-state index contributed by atoms with van der Waals surface area (Å²) in [6.45, 7) is 1.84. The molecular weight excluding hydrogens is 326 g/mol. The van der Waals surface area contributed by atoms with Crippen molar-refractivity contribution >= 4 is 33.2 Å². The minimum absolute atomic E-state index is 0.710. The van der Waals surface area contributed by atoms with E-state index in [-0.39, 0.29) is 0 Å². The number of alkyl halides is 1. The third-order valence-electron chi connectivity index (χ3n) is 2.44. The summed E-state index contributed by atoms with van der Waals surface area (Å²) in [5.74, 6) is 0. The van der Waals surface area contributed by atoms with Gasteiger partial charge in [-0.3, -0.25) is 4.98 Å². The number of pyridine rings is 1. The van der Waals surface area contributed by atoms with Crippen molar-refractivity contribution in [2.75, 3.05) is 5.33 Å². The van der Waals surface area contributed by atoms with Crippen molar-refractivity contribution in [1.82, 2.24) is 14.8 Å². The molecule has 0 N–H and O–H groups in total. The van der Waals surface area contributed by atoms with Crippen molar-refractivity contribution in [3.8, 4) is 11.3 Å². The van der Waals surface area contributed by atoms with Crippen molar-refractivity contribution in [3.63, 3.8) is 0 Å². The lowest BCUT2D eigenvalue weighted by Crippen LogP contribution is -1.95. The fourth-order valence-corrected chi connectivity index (χ4v) is 2.07. The fraction of sp³-hybridized carbons (Fsp3) is 0.143. The minimum Gasteiger partial charge on any atom is -0.256 e. The van der Waals surface area contributed by atoms with Crippen molar-refractivity contribution in [1.29, 1.82) is 0 Å². The number of hydrogen-bond donors (Lipinski definition) is 0. The summed E-state index contributed by atoms with van der Waals surface area (Å²) in [5.41, 5.74) is 2.80. The molecule has 2 rings (SSSR count). The first-order valence-electron chi connectivity index (χ1n) is 5.77. The van der Waals surface area contributed by atoms with Gasteiger partial charge in [0.1, 0.15) is 0 Å². The van der Waals surface area contributed by atoms with Crippen LogP contribution in [0.15, 0.2) is 54.0 Å². The van der Waals surface area contributed by atoms with E-state index in [0.717, 1.165) is 22.3 Å². The maximum atomic E-state index is 5.93. The first-order chi connectivity index (χ1) is 9.20. The highest BCUT2D eigenvalue weighted by atomic mass is 79.9. The Morgan fingerprint density at radius 1 is 1.47 bits per heavy atom. The molecule has 0 unspecified atom stereocenters. The Balaban J connectivity index is 2.35. The topological polar surface area (TPSA) is 30.7 Å². The Morgan fingerprint density at radius 2 is 2.32 bits per heavy atom. The normalized spacial score (nSPS) is 12.8. The van der Waals surface area contributed by atoms with E-state index in [2.05, 4.69) is 26.0 Å². The van der Waals surface area contributed by atoms with Gasteiger partial charge in [-0.15, -0.1) is 0 Å². The largest absolute Gasteiger partial charge is 0.256 e. The monoisotopic (exact) mass is 337 g/mol. The van der Waals surface area contributed by atoms with Crippen LogP contribution >= 0.6 is 27.5 Å². The molecule has 0 aliphatic carbocycles. The van der Waals surface area contributed by atoms with Crippen LogP contribution in [0.2, 0.25) is 0 Å². The molecule has 0 saturated heterocycles. The molecule has 0 bridgehead atoms. The predicted octanol–water partition coefficient (Wildman–Crippen LogP) is 4.32. The molecule has 0 aliphatic rings. The zero-order valence-electron chi connectivity index (χ0n) is 10.4. The average Bonchev–Trinajstić information content (AvgIpc) is 2.88. The van der Waals surface area contributed by atoms with Crippen molar-refractivity contribution < 1.29 is 0 Å². The summed E-state index contributed by atoms with van der Waals surface area (Å²) in [5, 5.41) is 5.80. The molecule has 2 heterocycles. The van der Waals surface area contributed by atoms with Crippen molar-refractivity contribution in [2.45, 2.75) is 6.92 Å². The average molecular weight is 339 g/mol. The maximum absolute atomic E-state index is 5.93. The van der Waals surface area contributed by atoms with Crippen LogP contribution in [-0.2, 0) is 0 Å². The summed E-state index contributed by atoms with van der Waals surface area (Å²) >= 11 is 9.32. The number of aromatic nitrogens is 3. The van der Waals surface area contributed by atoms with Gasteiger partial charge in [0, 0.05) is 28.3 Å². The number of halogens is 2. The van der Waals surface area contributed by atoms with E-state index in [4.69, 9.17) is 11.6 Å². The summed E-state index contributed by atoms with van der Waals surface area (Å²) in [6.07, 6.45) is 9.37. The third-order valence-corrected chi connectivity index (χ3v) is 2.87. The molecule has 3 nitrogen and oxygen atoms in total. The molecule has 0 saturated carbocycles. The zero-order valence-corrected chi connectivity index (χ0v) is 12.8. The van der Waals surface area contributed by atoms with Gasteiger partial charge in [0.25, 0.3) is 0 Å². The summed E-state index contributed by atoms with van der Waals surface area (Å²) in [6, 6.07) is 5.80. The molecule has 0 aliphatic heterocycles. The Hall–Kier alpha value is -1.39. The van der Waals surface area contributed by atoms with Gasteiger partial charge in [0.05, 0.1) is 17.6 Å². The van der Waals surface area contributed by atoms with E-state index in [9.17, 15) is 0 Å². The standard InChI is InChI=1S/C14H13BrClN3/c1-11(16)8-13(5-6-15)19-10-12(9-18-19)14-4-2-3-7-17-14/h2-5,7-10H,6H2,1H3/b11-8+,13-5+. The highest BCUT2D eigenvalue weighted by Crippen LogP contribution is 2.18. The summed E-state index contributed by atoms with van der Waals surface area (Å²) < 4.78 is 1.79. The molecule has 2 aromatic heterocycles. The summed E-state index contributed by atoms with van der Waals surface area (Å²) in [4.78, 5) is 4.31. The second-order valence-corrected chi connectivity index (χ2v) is 5.15. The molecule has 19 heavy (non-hydrogen) atoms. The van der Waals surface area contributed by atoms with Crippen LogP contribution in [0.3, 0.4) is 0 Å². The van der Waals surface area contributed by atoms with Gasteiger partial charge >= 0.3 is 0 Å². The number of nitrogens with zero attached hydrogens (tertiary/aromatic N) is 3. The Bertz CT molecular complexity index is 598. The van der Waals surface area contributed by atoms with Crippen LogP contribution in [0.1, 0.15) is 6.92 Å². The van der Waals surface area contributed by atoms with Crippen molar-refractivity contribution in [2.24, 2.45) is 0 Å². The number of hydrogen-bond acceptors (Lipinski definition) is 2. The highest BCUT2D eigenvalue weighted by Gasteiger charge is 2.04. The van der Waals surface area contributed by atoms with E-state index in [1.165, 1.54) is 0 Å². The fourth-order valence-electron chi connectivity index (χ4n) is 1.63. The van der Waals surface area contributed by atoms with Gasteiger partial charge < -0.3 is 0 Å². The van der Waals surface area contributed by atoms with E-state index in [1.54, 1.807) is 17.1 Å². The van der Waals surface area contributed by atoms with Gasteiger partial charge in [-0.2, -0.15) is 5.10 Å². The Kier molecular flexibility index (Phi) is 4.93. The van der Waals surface area contributed by atoms with E-state index in [0.29, 0.717) is 5.03 Å². The van der Waals surface area contributed by atoms with E-state index >= 15 is 0 Å². The quantitative estimate of drug-likeness (QED) is 0.614. The highest BCUT2D eigenvalue weighted by molar-refractivity contribution is 9.09. The van der Waals surface area contributed by atoms with Gasteiger partial charge in [-0.1, -0.05) is 33.6 Å². The first-order valence-corrected chi connectivity index (χ1v) is 7.27. The van der Waals surface area contributed by atoms with Gasteiger partial charge in [0.15, 0.2) is 0 Å². The SMILES string of the molecule is C/C(Cl)=C\C(=C/CBr)n1cc(-c2ccccn2)cn1. The second kappa shape index (κ2) is 6.68. The zero-order chi connectivity index (χ0) is 13.7. The molecule has 0 spiro atoms. The molecule has 98 valence electrons. The molecule has 5 heteroatoms. The first kappa shape index (κ1) is 14.0. The van der Waals surface area contributed by atoms with E-state index in [1.807, 2.05) is 43.5 Å².